The first kappa shape index (κ1) is 13.5. The Morgan fingerprint density at radius 3 is 2.32 bits per heavy atom. The smallest absolute Gasteiger partial charge is 0.259 e. The summed E-state index contributed by atoms with van der Waals surface area (Å²) in [5.41, 5.74) is -0.965. The fraction of sp³-hybridized carbons (Fsp3) is 0.429. The third kappa shape index (κ3) is 2.58. The summed E-state index contributed by atoms with van der Waals surface area (Å²) < 4.78 is 27.1. The summed E-state index contributed by atoms with van der Waals surface area (Å²) in [6, 6.07) is 5.58. The molecule has 5 heteroatoms. The Morgan fingerprint density at radius 1 is 1.32 bits per heavy atom. The first-order valence-corrected chi connectivity index (χ1v) is 6.11. The fourth-order valence-corrected chi connectivity index (χ4v) is 2.18. The van der Waals surface area contributed by atoms with Crippen molar-refractivity contribution in [1.29, 1.82) is 5.26 Å². The molecule has 100 valence electrons. The second-order valence-corrected chi connectivity index (χ2v) is 5.06. The van der Waals surface area contributed by atoms with Gasteiger partial charge < -0.3 is 4.90 Å². The number of likely N-dealkylation sites (tertiary alicyclic amines) is 1. The summed E-state index contributed by atoms with van der Waals surface area (Å²) in [4.78, 5) is 13.5. The standard InChI is InChI=1S/C14H14F2N2O/c1-14(9-17)5-7-18(8-6-14)13(19)12-10(15)3-2-4-11(12)16/h2-4H,5-8H2,1H3. The van der Waals surface area contributed by atoms with Crippen LogP contribution in [-0.4, -0.2) is 23.9 Å². The van der Waals surface area contributed by atoms with Gasteiger partial charge in [0.25, 0.3) is 5.91 Å². The van der Waals surface area contributed by atoms with Crippen LogP contribution in [0.15, 0.2) is 18.2 Å². The molecule has 0 unspecified atom stereocenters. The highest BCUT2D eigenvalue weighted by atomic mass is 19.1. The Bertz CT molecular complexity index is 523. The number of nitrogens with zero attached hydrogens (tertiary/aromatic N) is 2. The minimum atomic E-state index is -0.849. The molecule has 1 amide bonds. The molecule has 0 radical (unpaired) electrons. The molecule has 1 aromatic rings. The molecule has 0 spiro atoms. The van der Waals surface area contributed by atoms with Gasteiger partial charge in [-0.1, -0.05) is 6.07 Å². The zero-order chi connectivity index (χ0) is 14.0. The van der Waals surface area contributed by atoms with Crippen molar-refractivity contribution >= 4 is 5.91 Å². The molecule has 0 saturated carbocycles. The molecule has 1 aromatic carbocycles. The van der Waals surface area contributed by atoms with Crippen molar-refractivity contribution in [2.24, 2.45) is 5.41 Å². The van der Waals surface area contributed by atoms with Crippen molar-refractivity contribution in [2.45, 2.75) is 19.8 Å². The number of rotatable bonds is 1. The van der Waals surface area contributed by atoms with Gasteiger partial charge in [0.2, 0.25) is 0 Å². The van der Waals surface area contributed by atoms with Crippen LogP contribution in [0.2, 0.25) is 0 Å². The molecule has 0 aromatic heterocycles. The molecule has 1 aliphatic heterocycles. The third-order valence-corrected chi connectivity index (χ3v) is 3.60. The van der Waals surface area contributed by atoms with E-state index in [1.54, 1.807) is 0 Å². The molecular formula is C14H14F2N2O. The molecule has 1 aliphatic rings. The summed E-state index contributed by atoms with van der Waals surface area (Å²) in [6.07, 6.45) is 1.04. The average Bonchev–Trinajstić information content (AvgIpc) is 2.39. The summed E-state index contributed by atoms with van der Waals surface area (Å²) in [7, 11) is 0. The third-order valence-electron chi connectivity index (χ3n) is 3.60. The van der Waals surface area contributed by atoms with Crippen molar-refractivity contribution in [2.75, 3.05) is 13.1 Å². The van der Waals surface area contributed by atoms with Crippen LogP contribution in [0.25, 0.3) is 0 Å². The molecule has 1 fully saturated rings. The highest BCUT2D eigenvalue weighted by Gasteiger charge is 2.33. The Morgan fingerprint density at radius 2 is 1.84 bits per heavy atom. The second kappa shape index (κ2) is 4.96. The van der Waals surface area contributed by atoms with Crippen LogP contribution in [0, 0.1) is 28.4 Å². The van der Waals surface area contributed by atoms with Crippen molar-refractivity contribution in [3.63, 3.8) is 0 Å². The van der Waals surface area contributed by atoms with E-state index in [1.807, 2.05) is 6.92 Å². The quantitative estimate of drug-likeness (QED) is 0.782. The maximum atomic E-state index is 13.5. The van der Waals surface area contributed by atoms with Gasteiger partial charge in [-0.05, 0) is 31.9 Å². The van der Waals surface area contributed by atoms with E-state index in [1.165, 1.54) is 11.0 Å². The van der Waals surface area contributed by atoms with Crippen molar-refractivity contribution in [3.05, 3.63) is 35.4 Å². The Labute approximate surface area is 110 Å². The van der Waals surface area contributed by atoms with Gasteiger partial charge in [0.15, 0.2) is 0 Å². The van der Waals surface area contributed by atoms with E-state index in [4.69, 9.17) is 5.26 Å². The summed E-state index contributed by atoms with van der Waals surface area (Å²) in [5, 5.41) is 9.01. The predicted molar refractivity (Wildman–Crippen MR) is 65.2 cm³/mol. The molecule has 2 rings (SSSR count). The fourth-order valence-electron chi connectivity index (χ4n) is 2.18. The lowest BCUT2D eigenvalue weighted by Gasteiger charge is -2.35. The maximum absolute atomic E-state index is 13.5. The number of carbonyl (C=O) groups is 1. The van der Waals surface area contributed by atoms with Crippen molar-refractivity contribution in [1.82, 2.24) is 4.90 Å². The SMILES string of the molecule is CC1(C#N)CCN(C(=O)c2c(F)cccc2F)CC1. The van der Waals surface area contributed by atoms with E-state index in [0.717, 1.165) is 12.1 Å². The van der Waals surface area contributed by atoms with E-state index in [9.17, 15) is 13.6 Å². The van der Waals surface area contributed by atoms with E-state index in [0.29, 0.717) is 25.9 Å². The first-order chi connectivity index (χ1) is 8.97. The summed E-state index contributed by atoms with van der Waals surface area (Å²) in [6.45, 7) is 2.52. The van der Waals surface area contributed by atoms with Crippen LogP contribution in [0.1, 0.15) is 30.1 Å². The lowest BCUT2D eigenvalue weighted by atomic mass is 9.82. The van der Waals surface area contributed by atoms with Gasteiger partial charge in [-0.15, -0.1) is 0 Å². The zero-order valence-electron chi connectivity index (χ0n) is 10.6. The van der Waals surface area contributed by atoms with E-state index in [-0.39, 0.29) is 0 Å². The number of hydrogen-bond acceptors (Lipinski definition) is 2. The predicted octanol–water partition coefficient (Wildman–Crippen LogP) is 2.73. The van der Waals surface area contributed by atoms with Gasteiger partial charge in [0, 0.05) is 13.1 Å². The number of hydrogen-bond donors (Lipinski definition) is 0. The van der Waals surface area contributed by atoms with Gasteiger partial charge >= 0.3 is 0 Å². The van der Waals surface area contributed by atoms with Crippen LogP contribution in [0.3, 0.4) is 0 Å². The van der Waals surface area contributed by atoms with Crippen molar-refractivity contribution in [3.8, 4) is 6.07 Å². The Kier molecular flexibility index (Phi) is 3.52. The molecule has 0 N–H and O–H groups in total. The molecule has 0 atom stereocenters. The molecule has 1 heterocycles. The van der Waals surface area contributed by atoms with Gasteiger partial charge in [-0.25, -0.2) is 8.78 Å². The van der Waals surface area contributed by atoms with Crippen LogP contribution in [0.4, 0.5) is 8.78 Å². The van der Waals surface area contributed by atoms with Crippen LogP contribution in [0.5, 0.6) is 0 Å². The van der Waals surface area contributed by atoms with Crippen LogP contribution in [-0.2, 0) is 0 Å². The van der Waals surface area contributed by atoms with Crippen molar-refractivity contribution < 1.29 is 13.6 Å². The van der Waals surface area contributed by atoms with E-state index in [2.05, 4.69) is 6.07 Å². The van der Waals surface area contributed by atoms with E-state index < -0.39 is 28.5 Å². The number of piperidine rings is 1. The average molecular weight is 264 g/mol. The molecule has 1 saturated heterocycles. The minimum Gasteiger partial charge on any atom is -0.338 e. The molecule has 0 bridgehead atoms. The number of nitriles is 1. The first-order valence-electron chi connectivity index (χ1n) is 6.11. The molecule has 19 heavy (non-hydrogen) atoms. The summed E-state index contributed by atoms with van der Waals surface area (Å²) in [5.74, 6) is -2.34. The number of carbonyl (C=O) groups excluding carboxylic acids is 1. The van der Waals surface area contributed by atoms with Gasteiger partial charge in [0.05, 0.1) is 11.5 Å². The van der Waals surface area contributed by atoms with Gasteiger partial charge in [0.1, 0.15) is 17.2 Å². The second-order valence-electron chi connectivity index (χ2n) is 5.06. The molecule has 0 aliphatic carbocycles. The van der Waals surface area contributed by atoms with Crippen LogP contribution >= 0.6 is 0 Å². The zero-order valence-corrected chi connectivity index (χ0v) is 10.6. The largest absolute Gasteiger partial charge is 0.338 e. The molecule has 3 nitrogen and oxygen atoms in total. The Hall–Kier alpha value is -1.96. The molecular weight excluding hydrogens is 250 g/mol. The topological polar surface area (TPSA) is 44.1 Å². The number of amides is 1. The minimum absolute atomic E-state index is 0.344. The normalized spacial score (nSPS) is 17.9. The van der Waals surface area contributed by atoms with Gasteiger partial charge in [-0.2, -0.15) is 5.26 Å². The lowest BCUT2D eigenvalue weighted by Crippen LogP contribution is -2.42. The Balaban J connectivity index is 2.17. The summed E-state index contributed by atoms with van der Waals surface area (Å²) >= 11 is 0. The number of halogens is 2. The highest BCUT2D eigenvalue weighted by Crippen LogP contribution is 2.30. The maximum Gasteiger partial charge on any atom is 0.259 e. The highest BCUT2D eigenvalue weighted by molar-refractivity contribution is 5.94. The van der Waals surface area contributed by atoms with Crippen LogP contribution < -0.4 is 0 Å². The lowest BCUT2D eigenvalue weighted by molar-refractivity contribution is 0.0652. The number of benzene rings is 1. The van der Waals surface area contributed by atoms with Gasteiger partial charge in [-0.3, -0.25) is 4.79 Å². The van der Waals surface area contributed by atoms with E-state index >= 15 is 0 Å². The monoisotopic (exact) mass is 264 g/mol.